The van der Waals surface area contributed by atoms with Crippen molar-refractivity contribution in [3.63, 3.8) is 0 Å². The maximum absolute atomic E-state index is 3.75. The Bertz CT molecular complexity index is 176. The number of rotatable bonds is 2. The molecule has 3 unspecified atom stereocenters. The Hall–Kier alpha value is -0.0400. The van der Waals surface area contributed by atoms with Gasteiger partial charge in [0.1, 0.15) is 0 Å². The molecular weight excluding hydrogens is 170 g/mol. The molecule has 1 heteroatoms. The van der Waals surface area contributed by atoms with Gasteiger partial charge in [0.2, 0.25) is 0 Å². The van der Waals surface area contributed by atoms with Gasteiger partial charge in [-0.3, -0.25) is 0 Å². The lowest BCUT2D eigenvalue weighted by Gasteiger charge is -2.40. The first-order chi connectivity index (χ1) is 6.75. The molecule has 1 saturated carbocycles. The van der Waals surface area contributed by atoms with Gasteiger partial charge in [0.15, 0.2) is 0 Å². The van der Waals surface area contributed by atoms with E-state index >= 15 is 0 Å². The average Bonchev–Trinajstić information content (AvgIpc) is 2.17. The third-order valence-corrected chi connectivity index (χ3v) is 4.08. The lowest BCUT2D eigenvalue weighted by atomic mass is 9.73. The summed E-state index contributed by atoms with van der Waals surface area (Å²) >= 11 is 0. The highest BCUT2D eigenvalue weighted by Crippen LogP contribution is 2.36. The summed E-state index contributed by atoms with van der Waals surface area (Å²) in [5, 5.41) is 3.75. The number of piperidine rings is 1. The monoisotopic (exact) mass is 195 g/mol. The number of nitrogens with one attached hydrogen (secondary N) is 1. The minimum absolute atomic E-state index is 0.828. The van der Waals surface area contributed by atoms with Crippen molar-refractivity contribution in [3.8, 4) is 0 Å². The summed E-state index contributed by atoms with van der Waals surface area (Å²) < 4.78 is 0. The van der Waals surface area contributed by atoms with Crippen LogP contribution in [0, 0.1) is 17.8 Å². The van der Waals surface area contributed by atoms with Gasteiger partial charge in [0.25, 0.3) is 0 Å². The van der Waals surface area contributed by atoms with E-state index in [2.05, 4.69) is 19.2 Å². The molecule has 1 heterocycles. The van der Waals surface area contributed by atoms with E-state index in [-0.39, 0.29) is 0 Å². The van der Waals surface area contributed by atoms with Gasteiger partial charge in [-0.25, -0.2) is 0 Å². The van der Waals surface area contributed by atoms with Gasteiger partial charge in [-0.15, -0.1) is 0 Å². The second-order valence-corrected chi connectivity index (χ2v) is 5.78. The van der Waals surface area contributed by atoms with Crippen LogP contribution in [0.25, 0.3) is 0 Å². The van der Waals surface area contributed by atoms with Crippen LogP contribution in [-0.4, -0.2) is 12.6 Å². The zero-order valence-electron chi connectivity index (χ0n) is 9.76. The van der Waals surface area contributed by atoms with Crippen molar-refractivity contribution in [3.05, 3.63) is 0 Å². The predicted octanol–water partition coefficient (Wildman–Crippen LogP) is 3.20. The Balaban J connectivity index is 1.83. The molecule has 0 amide bonds. The van der Waals surface area contributed by atoms with Crippen molar-refractivity contribution in [2.45, 2.75) is 58.4 Å². The van der Waals surface area contributed by atoms with Crippen LogP contribution in [0.4, 0.5) is 0 Å². The molecule has 0 bridgehead atoms. The van der Waals surface area contributed by atoms with Crippen LogP contribution < -0.4 is 5.32 Å². The summed E-state index contributed by atoms with van der Waals surface area (Å²) in [5.74, 6) is 2.94. The van der Waals surface area contributed by atoms with E-state index in [1.165, 1.54) is 45.1 Å². The standard InChI is InChI=1S/C13H25N/c1-10(2)7-13-8-11-5-3-4-6-12(11)9-14-13/h10-14H,3-9H2,1-2H3. The first-order valence-electron chi connectivity index (χ1n) is 6.49. The van der Waals surface area contributed by atoms with Crippen LogP contribution in [0.5, 0.6) is 0 Å². The second kappa shape index (κ2) is 4.65. The first kappa shape index (κ1) is 10.5. The normalized spacial score (nSPS) is 38.4. The molecule has 0 aromatic heterocycles. The van der Waals surface area contributed by atoms with Crippen molar-refractivity contribution in [2.75, 3.05) is 6.54 Å². The SMILES string of the molecule is CC(C)CC1CC2CCCCC2CN1. The summed E-state index contributed by atoms with van der Waals surface area (Å²) in [6.07, 6.45) is 8.83. The smallest absolute Gasteiger partial charge is 0.00723 e. The van der Waals surface area contributed by atoms with Crippen LogP contribution >= 0.6 is 0 Å². The third-order valence-electron chi connectivity index (χ3n) is 4.08. The first-order valence-corrected chi connectivity index (χ1v) is 6.49. The lowest BCUT2D eigenvalue weighted by Crippen LogP contribution is -2.45. The van der Waals surface area contributed by atoms with Crippen LogP contribution in [0.1, 0.15) is 52.4 Å². The van der Waals surface area contributed by atoms with Crippen LogP contribution in [-0.2, 0) is 0 Å². The summed E-state index contributed by atoms with van der Waals surface area (Å²) in [6.45, 7) is 5.99. The minimum Gasteiger partial charge on any atom is -0.314 e. The molecule has 1 N–H and O–H groups in total. The topological polar surface area (TPSA) is 12.0 Å². The van der Waals surface area contributed by atoms with Gasteiger partial charge in [0.05, 0.1) is 0 Å². The highest BCUT2D eigenvalue weighted by atomic mass is 14.9. The van der Waals surface area contributed by atoms with E-state index < -0.39 is 0 Å². The molecule has 14 heavy (non-hydrogen) atoms. The van der Waals surface area contributed by atoms with Crippen molar-refractivity contribution >= 4 is 0 Å². The molecule has 0 radical (unpaired) electrons. The molecule has 2 aliphatic rings. The Labute approximate surface area is 88.7 Å². The molecule has 2 fully saturated rings. The quantitative estimate of drug-likeness (QED) is 0.713. The van der Waals surface area contributed by atoms with Gasteiger partial charge in [-0.1, -0.05) is 33.1 Å². The summed E-state index contributed by atoms with van der Waals surface area (Å²) in [4.78, 5) is 0. The van der Waals surface area contributed by atoms with E-state index in [0.29, 0.717) is 0 Å². The second-order valence-electron chi connectivity index (χ2n) is 5.78. The highest BCUT2D eigenvalue weighted by molar-refractivity contribution is 4.87. The zero-order valence-corrected chi connectivity index (χ0v) is 9.76. The number of hydrogen-bond donors (Lipinski definition) is 1. The van der Waals surface area contributed by atoms with E-state index in [0.717, 1.165) is 23.8 Å². The van der Waals surface area contributed by atoms with E-state index in [1.807, 2.05) is 0 Å². The zero-order chi connectivity index (χ0) is 9.97. The summed E-state index contributed by atoms with van der Waals surface area (Å²) in [7, 11) is 0. The Kier molecular flexibility index (Phi) is 3.48. The molecule has 1 nitrogen and oxygen atoms in total. The fraction of sp³-hybridized carbons (Fsp3) is 1.00. The molecule has 1 aliphatic heterocycles. The number of fused-ring (bicyclic) bond motifs is 1. The fourth-order valence-electron chi connectivity index (χ4n) is 3.38. The summed E-state index contributed by atoms with van der Waals surface area (Å²) in [5.41, 5.74) is 0. The van der Waals surface area contributed by atoms with Crippen molar-refractivity contribution < 1.29 is 0 Å². The van der Waals surface area contributed by atoms with Crippen LogP contribution in [0.3, 0.4) is 0 Å². The van der Waals surface area contributed by atoms with Gasteiger partial charge in [-0.2, -0.15) is 0 Å². The van der Waals surface area contributed by atoms with Crippen molar-refractivity contribution in [1.82, 2.24) is 5.32 Å². The van der Waals surface area contributed by atoms with Crippen LogP contribution in [0.15, 0.2) is 0 Å². The Morgan fingerprint density at radius 3 is 2.57 bits per heavy atom. The summed E-state index contributed by atoms with van der Waals surface area (Å²) in [6, 6.07) is 0.828. The maximum atomic E-state index is 3.75. The molecular formula is C13H25N. The van der Waals surface area contributed by atoms with E-state index in [9.17, 15) is 0 Å². The minimum atomic E-state index is 0.828. The molecule has 0 spiro atoms. The largest absolute Gasteiger partial charge is 0.314 e. The molecule has 2 rings (SSSR count). The third kappa shape index (κ3) is 2.50. The average molecular weight is 195 g/mol. The molecule has 0 aromatic carbocycles. The van der Waals surface area contributed by atoms with Gasteiger partial charge < -0.3 is 5.32 Å². The van der Waals surface area contributed by atoms with E-state index in [1.54, 1.807) is 0 Å². The van der Waals surface area contributed by atoms with Gasteiger partial charge in [-0.05, 0) is 43.6 Å². The molecule has 0 aromatic rings. The number of hydrogen-bond acceptors (Lipinski definition) is 1. The maximum Gasteiger partial charge on any atom is 0.00723 e. The Morgan fingerprint density at radius 1 is 1.14 bits per heavy atom. The van der Waals surface area contributed by atoms with E-state index in [4.69, 9.17) is 0 Å². The van der Waals surface area contributed by atoms with Gasteiger partial charge >= 0.3 is 0 Å². The molecule has 1 aliphatic carbocycles. The lowest BCUT2D eigenvalue weighted by molar-refractivity contribution is 0.145. The van der Waals surface area contributed by atoms with Gasteiger partial charge in [0, 0.05) is 6.04 Å². The highest BCUT2D eigenvalue weighted by Gasteiger charge is 2.31. The van der Waals surface area contributed by atoms with Crippen LogP contribution in [0.2, 0.25) is 0 Å². The molecule has 1 saturated heterocycles. The predicted molar refractivity (Wildman–Crippen MR) is 61.3 cm³/mol. The van der Waals surface area contributed by atoms with Crippen molar-refractivity contribution in [1.29, 1.82) is 0 Å². The Morgan fingerprint density at radius 2 is 1.86 bits per heavy atom. The molecule has 82 valence electrons. The van der Waals surface area contributed by atoms with Crippen molar-refractivity contribution in [2.24, 2.45) is 17.8 Å². The fourth-order valence-corrected chi connectivity index (χ4v) is 3.38. The molecule has 3 atom stereocenters.